The lowest BCUT2D eigenvalue weighted by Gasteiger charge is -2.16. The van der Waals surface area contributed by atoms with E-state index in [0.29, 0.717) is 39.8 Å². The van der Waals surface area contributed by atoms with Gasteiger partial charge >= 0.3 is 20.2 Å². The van der Waals surface area contributed by atoms with Crippen LogP contribution in [0.15, 0.2) is 153 Å². The second kappa shape index (κ2) is 19.8. The molecule has 0 radical (unpaired) electrons. The first kappa shape index (κ1) is 46.8. The van der Waals surface area contributed by atoms with Crippen molar-refractivity contribution in [3.05, 3.63) is 145 Å². The monoisotopic (exact) mass is 956 g/mol. The fourth-order valence-electron chi connectivity index (χ4n) is 5.79. The van der Waals surface area contributed by atoms with E-state index < -0.39 is 45.4 Å². The van der Waals surface area contributed by atoms with Gasteiger partial charge in [-0.3, -0.25) is 9.11 Å². The third-order valence-corrected chi connectivity index (χ3v) is 13.1. The molecular weight excluding hydrogens is 917 g/mol. The average Bonchev–Trinajstić information content (AvgIpc) is 3.28. The van der Waals surface area contributed by atoms with Crippen molar-refractivity contribution in [1.82, 2.24) is 0 Å². The molecule has 0 saturated carbocycles. The molecule has 26 heteroatoms. The van der Waals surface area contributed by atoms with Crippen LogP contribution in [0.1, 0.15) is 11.1 Å². The minimum absolute atomic E-state index is 0.00183. The van der Waals surface area contributed by atoms with Crippen molar-refractivity contribution < 1.29 is 51.3 Å². The predicted octanol–water partition coefficient (Wildman–Crippen LogP) is 4.88. The summed E-state index contributed by atoms with van der Waals surface area (Å²) in [6, 6.07) is 33.4. The standard InChI is InChI=1S/C38H40N10O12S4/c39-59-63(55,56)36-21-17-32(18-22-36)44-42-28-9-13-30(14-10-28)46-48-34-6-4-26(38(24-34)64(57,58)60-40)2-1-25-3-5-33(23-37(25)62(52,53)54)47-45-29-11-7-27(8-12-29)41-43-31-15-19-35(20-16-31)61(49,50)51/h3-24,41-48H,1-2,39-40H2,(H,49,50,51)(H,52,53,54). The van der Waals surface area contributed by atoms with Gasteiger partial charge in [0.05, 0.1) is 60.2 Å². The Morgan fingerprint density at radius 3 is 0.969 bits per heavy atom. The minimum Gasteiger partial charge on any atom is -0.301 e. The molecular formula is C38H40N10O12S4. The number of aryl methyl sites for hydroxylation is 2. The highest BCUT2D eigenvalue weighted by molar-refractivity contribution is 7.87. The van der Waals surface area contributed by atoms with Gasteiger partial charge in [-0.1, -0.05) is 12.1 Å². The Balaban J connectivity index is 1.04. The molecule has 6 rings (SSSR count). The van der Waals surface area contributed by atoms with Crippen LogP contribution in [0.2, 0.25) is 0 Å². The van der Waals surface area contributed by atoms with Crippen molar-refractivity contribution in [2.45, 2.75) is 32.4 Å². The van der Waals surface area contributed by atoms with E-state index in [2.05, 4.69) is 52.0 Å². The summed E-state index contributed by atoms with van der Waals surface area (Å²) in [5.74, 6) is 9.95. The van der Waals surface area contributed by atoms with Gasteiger partial charge in [-0.05, 0) is 145 Å². The number of rotatable bonds is 21. The third kappa shape index (κ3) is 12.5. The van der Waals surface area contributed by atoms with E-state index in [4.69, 9.17) is 16.3 Å². The fourth-order valence-corrected chi connectivity index (χ4v) is 8.50. The lowest BCUT2D eigenvalue weighted by atomic mass is 10.0. The number of hydrazine groups is 4. The second-order valence-corrected chi connectivity index (χ2v) is 19.3. The van der Waals surface area contributed by atoms with Crippen LogP contribution >= 0.6 is 0 Å². The summed E-state index contributed by atoms with van der Waals surface area (Å²) in [5.41, 5.74) is 27.9. The number of anilines is 8. The molecule has 6 aromatic rings. The largest absolute Gasteiger partial charge is 0.313 e. The molecule has 64 heavy (non-hydrogen) atoms. The van der Waals surface area contributed by atoms with Gasteiger partial charge in [0, 0.05) is 0 Å². The van der Waals surface area contributed by atoms with Gasteiger partial charge in [0.25, 0.3) is 20.2 Å². The Hall–Kier alpha value is -6.72. The molecule has 0 amide bonds. The van der Waals surface area contributed by atoms with Gasteiger partial charge in [-0.2, -0.15) is 54.0 Å². The van der Waals surface area contributed by atoms with Gasteiger partial charge in [0.2, 0.25) is 0 Å². The lowest BCUT2D eigenvalue weighted by molar-refractivity contribution is 0.332. The SMILES string of the molecule is NOS(=O)(=O)c1ccc(NNc2ccc(NNc3ccc(CCc4ccc(NNc5ccc(NNc6ccc(S(=O)(=O)O)cc6)cc5)cc4S(=O)(=O)O)c(S(=O)(=O)ON)c3)cc2)cc1. The molecule has 0 fully saturated rings. The molecule has 0 heterocycles. The van der Waals surface area contributed by atoms with Crippen molar-refractivity contribution in [2.75, 3.05) is 43.4 Å². The molecule has 0 spiro atoms. The first-order chi connectivity index (χ1) is 30.3. The van der Waals surface area contributed by atoms with E-state index >= 15 is 0 Å². The maximum Gasteiger partial charge on any atom is 0.313 e. The van der Waals surface area contributed by atoms with Crippen molar-refractivity contribution in [3.8, 4) is 0 Å². The average molecular weight is 957 g/mol. The normalized spacial score (nSPS) is 11.9. The number of nitrogens with two attached hydrogens (primary N) is 2. The zero-order valence-corrected chi connectivity index (χ0v) is 36.1. The van der Waals surface area contributed by atoms with Crippen LogP contribution < -0.4 is 55.2 Å². The molecule has 0 aliphatic carbocycles. The van der Waals surface area contributed by atoms with E-state index in [-0.39, 0.29) is 44.3 Å². The molecule has 0 bridgehead atoms. The van der Waals surface area contributed by atoms with Gasteiger partial charge in [-0.25, -0.2) is 0 Å². The van der Waals surface area contributed by atoms with E-state index in [1.165, 1.54) is 72.8 Å². The highest BCUT2D eigenvalue weighted by Gasteiger charge is 2.22. The van der Waals surface area contributed by atoms with Gasteiger partial charge in [-0.15, -0.1) is 0 Å². The Morgan fingerprint density at radius 2 is 0.641 bits per heavy atom. The van der Waals surface area contributed by atoms with Crippen molar-refractivity contribution in [2.24, 2.45) is 11.8 Å². The molecule has 22 nitrogen and oxygen atoms in total. The van der Waals surface area contributed by atoms with E-state index in [1.807, 2.05) is 0 Å². The summed E-state index contributed by atoms with van der Waals surface area (Å²) in [6.07, 6.45) is -0.0159. The third-order valence-electron chi connectivity index (χ3n) is 9.07. The molecule has 0 aliphatic heterocycles. The van der Waals surface area contributed by atoms with E-state index in [9.17, 15) is 38.2 Å². The lowest BCUT2D eigenvalue weighted by Crippen LogP contribution is -2.16. The smallest absolute Gasteiger partial charge is 0.301 e. The number of benzene rings is 6. The molecule has 0 unspecified atom stereocenters. The molecule has 338 valence electrons. The Morgan fingerprint density at radius 1 is 0.359 bits per heavy atom. The number of hydrogen-bond acceptors (Lipinski definition) is 20. The Bertz CT molecular complexity index is 3040. The van der Waals surface area contributed by atoms with Crippen LogP contribution in [-0.2, 0) is 61.9 Å². The number of hydrogen-bond donors (Lipinski definition) is 12. The quantitative estimate of drug-likeness (QED) is 0.0338. The molecule has 0 aromatic heterocycles. The molecule has 0 atom stereocenters. The Labute approximate surface area is 367 Å². The summed E-state index contributed by atoms with van der Waals surface area (Å²) < 4.78 is 124. The van der Waals surface area contributed by atoms with Gasteiger partial charge in [0.1, 0.15) is 4.90 Å². The van der Waals surface area contributed by atoms with Crippen LogP contribution in [0, 0.1) is 0 Å². The molecule has 0 aliphatic rings. The maximum absolute atomic E-state index is 12.9. The summed E-state index contributed by atoms with van der Waals surface area (Å²) in [7, 11) is -17.5. The molecule has 0 saturated heterocycles. The summed E-state index contributed by atoms with van der Waals surface area (Å²) in [4.78, 5) is -1.04. The van der Waals surface area contributed by atoms with Crippen LogP contribution in [0.5, 0.6) is 0 Å². The predicted molar refractivity (Wildman–Crippen MR) is 240 cm³/mol. The fraction of sp³-hybridized carbons (Fsp3) is 0.0526. The van der Waals surface area contributed by atoms with Crippen LogP contribution in [0.25, 0.3) is 0 Å². The van der Waals surface area contributed by atoms with E-state index in [0.717, 1.165) is 0 Å². The van der Waals surface area contributed by atoms with Crippen molar-refractivity contribution in [3.63, 3.8) is 0 Å². The van der Waals surface area contributed by atoms with Crippen molar-refractivity contribution in [1.29, 1.82) is 0 Å². The van der Waals surface area contributed by atoms with Gasteiger partial charge in [0.15, 0.2) is 0 Å². The minimum atomic E-state index is -4.74. The zero-order valence-electron chi connectivity index (χ0n) is 32.9. The van der Waals surface area contributed by atoms with Crippen molar-refractivity contribution >= 4 is 86.0 Å². The van der Waals surface area contributed by atoms with Crippen LogP contribution in [-0.4, -0.2) is 42.8 Å². The van der Waals surface area contributed by atoms with Crippen LogP contribution in [0.3, 0.4) is 0 Å². The zero-order chi connectivity index (χ0) is 46.1. The van der Waals surface area contributed by atoms with Crippen LogP contribution in [0.4, 0.5) is 45.5 Å². The highest BCUT2D eigenvalue weighted by atomic mass is 32.2. The Kier molecular flexibility index (Phi) is 14.4. The highest BCUT2D eigenvalue weighted by Crippen LogP contribution is 2.28. The summed E-state index contributed by atoms with van der Waals surface area (Å²) in [6.45, 7) is 0. The second-order valence-electron chi connectivity index (χ2n) is 13.4. The molecule has 14 N–H and O–H groups in total. The number of nitrogens with one attached hydrogen (secondary N) is 8. The summed E-state index contributed by atoms with van der Waals surface area (Å²) >= 11 is 0. The topological polar surface area (TPSA) is 344 Å². The summed E-state index contributed by atoms with van der Waals surface area (Å²) in [5, 5.41) is 0. The first-order valence-electron chi connectivity index (χ1n) is 18.3. The van der Waals surface area contributed by atoms with E-state index in [1.54, 1.807) is 60.7 Å². The molecule has 6 aromatic carbocycles. The first-order valence-corrected chi connectivity index (χ1v) is 24.0. The van der Waals surface area contributed by atoms with Gasteiger partial charge < -0.3 is 43.4 Å². The maximum atomic E-state index is 12.9.